The number of aryl methyl sites for hydroxylation is 1. The molecule has 4 aromatic rings. The molecule has 1 aromatic heterocycles. The second-order valence-electron chi connectivity index (χ2n) is 7.67. The van der Waals surface area contributed by atoms with Gasteiger partial charge in [-0.05, 0) is 47.9 Å². The van der Waals surface area contributed by atoms with Crippen molar-refractivity contribution in [3.05, 3.63) is 95.0 Å². The third kappa shape index (κ3) is 3.46. The van der Waals surface area contributed by atoms with Crippen molar-refractivity contribution in [3.8, 4) is 22.6 Å². The van der Waals surface area contributed by atoms with E-state index in [9.17, 15) is 5.11 Å². The Bertz CT molecular complexity index is 1250. The van der Waals surface area contributed by atoms with Gasteiger partial charge in [-0.25, -0.2) is 4.98 Å². The zero-order valence-electron chi connectivity index (χ0n) is 17.3. The van der Waals surface area contributed by atoms with Crippen LogP contribution in [-0.4, -0.2) is 21.8 Å². The van der Waals surface area contributed by atoms with Gasteiger partial charge in [0.25, 0.3) is 0 Å². The van der Waals surface area contributed by atoms with E-state index in [1.165, 1.54) is 0 Å². The lowest BCUT2D eigenvalue weighted by Gasteiger charge is -2.25. The number of nitrogens with zero attached hydrogens (tertiary/aromatic N) is 3. The first kappa shape index (κ1) is 19.7. The first-order valence-corrected chi connectivity index (χ1v) is 10.4. The van der Waals surface area contributed by atoms with E-state index < -0.39 is 6.23 Å². The van der Waals surface area contributed by atoms with Crippen LogP contribution < -0.4 is 9.64 Å². The topological polar surface area (TPSA) is 50.5 Å². The minimum Gasteiger partial charge on any atom is -0.494 e. The van der Waals surface area contributed by atoms with Gasteiger partial charge in [0.1, 0.15) is 5.75 Å². The van der Waals surface area contributed by atoms with E-state index in [0.717, 1.165) is 45.1 Å². The van der Waals surface area contributed by atoms with Gasteiger partial charge in [0, 0.05) is 35.1 Å². The lowest BCUT2D eigenvalue weighted by atomic mass is 9.96. The number of aromatic nitrogens is 2. The number of hydrogen-bond acceptors (Lipinski definition) is 4. The van der Waals surface area contributed by atoms with Gasteiger partial charge in [0.2, 0.25) is 0 Å². The van der Waals surface area contributed by atoms with Gasteiger partial charge in [-0.2, -0.15) is 0 Å². The maximum absolute atomic E-state index is 11.3. The Morgan fingerprint density at radius 2 is 1.90 bits per heavy atom. The van der Waals surface area contributed by atoms with Crippen molar-refractivity contribution in [1.29, 1.82) is 0 Å². The molecule has 5 rings (SSSR count). The maximum atomic E-state index is 11.3. The molecule has 6 heteroatoms. The summed E-state index contributed by atoms with van der Waals surface area (Å²) in [6.07, 6.45) is 2.97. The van der Waals surface area contributed by atoms with Crippen LogP contribution in [0.4, 0.5) is 5.69 Å². The quantitative estimate of drug-likeness (QED) is 0.462. The Morgan fingerprint density at radius 3 is 2.61 bits per heavy atom. The predicted molar refractivity (Wildman–Crippen MR) is 123 cm³/mol. The van der Waals surface area contributed by atoms with Crippen molar-refractivity contribution in [2.45, 2.75) is 19.7 Å². The lowest BCUT2D eigenvalue weighted by molar-refractivity contribution is 0.182. The van der Waals surface area contributed by atoms with Gasteiger partial charge in [-0.1, -0.05) is 41.9 Å². The molecule has 1 N–H and O–H groups in total. The van der Waals surface area contributed by atoms with Crippen LogP contribution >= 0.6 is 11.6 Å². The molecule has 0 saturated carbocycles. The average molecular weight is 432 g/mol. The number of anilines is 1. The second-order valence-corrected chi connectivity index (χ2v) is 8.10. The summed E-state index contributed by atoms with van der Waals surface area (Å²) in [4.78, 5) is 6.28. The van der Waals surface area contributed by atoms with Crippen molar-refractivity contribution < 1.29 is 9.84 Å². The summed E-state index contributed by atoms with van der Waals surface area (Å²) in [6, 6.07) is 19.8. The molecule has 5 nitrogen and oxygen atoms in total. The molecule has 1 aliphatic rings. The molecule has 1 atom stereocenters. The van der Waals surface area contributed by atoms with Crippen molar-refractivity contribution in [3.63, 3.8) is 0 Å². The first-order valence-electron chi connectivity index (χ1n) is 10.1. The average Bonchev–Trinajstić information content (AvgIpc) is 3.37. The third-order valence-electron chi connectivity index (χ3n) is 5.73. The highest BCUT2D eigenvalue weighted by Crippen LogP contribution is 2.42. The Balaban J connectivity index is 1.52. The highest BCUT2D eigenvalue weighted by atomic mass is 35.5. The van der Waals surface area contributed by atoms with E-state index in [0.29, 0.717) is 11.6 Å². The standard InChI is InChI=1S/C25H22ClN3O2/c1-16-13-28(15-27-16)22-11-10-20(12-23(22)31-2)29-14-18-4-3-5-21(24(18)25(29)30)17-6-8-19(26)9-7-17/h3-13,15,25,30H,14H2,1-2H3. The van der Waals surface area contributed by atoms with Crippen LogP contribution in [-0.2, 0) is 6.54 Å². The van der Waals surface area contributed by atoms with Gasteiger partial charge < -0.3 is 19.3 Å². The highest BCUT2D eigenvalue weighted by molar-refractivity contribution is 6.30. The van der Waals surface area contributed by atoms with Gasteiger partial charge in [0.15, 0.2) is 6.23 Å². The first-order chi connectivity index (χ1) is 15.0. The number of methoxy groups -OCH3 is 1. The number of aliphatic hydroxyl groups is 1. The number of halogens is 1. The predicted octanol–water partition coefficient (Wildman–Crippen LogP) is 5.52. The molecule has 0 bridgehead atoms. The molecular formula is C25H22ClN3O2. The molecule has 3 aromatic carbocycles. The Morgan fingerprint density at radius 1 is 1.10 bits per heavy atom. The SMILES string of the molecule is COc1cc(N2Cc3cccc(-c4ccc(Cl)cc4)c3C2O)ccc1-n1cnc(C)c1. The van der Waals surface area contributed by atoms with Gasteiger partial charge in [-0.15, -0.1) is 0 Å². The summed E-state index contributed by atoms with van der Waals surface area (Å²) in [5.74, 6) is 0.719. The molecule has 0 amide bonds. The van der Waals surface area contributed by atoms with E-state index in [-0.39, 0.29) is 0 Å². The second kappa shape index (κ2) is 7.76. The molecule has 0 spiro atoms. The van der Waals surface area contributed by atoms with E-state index in [2.05, 4.69) is 11.1 Å². The largest absolute Gasteiger partial charge is 0.494 e. The van der Waals surface area contributed by atoms with Crippen molar-refractivity contribution in [2.75, 3.05) is 12.0 Å². The molecule has 156 valence electrons. The number of ether oxygens (including phenoxy) is 1. The monoisotopic (exact) mass is 431 g/mol. The number of rotatable bonds is 4. The fraction of sp³-hybridized carbons (Fsp3) is 0.160. The Kier molecular flexibility index (Phi) is 4.93. The minimum atomic E-state index is -0.757. The number of fused-ring (bicyclic) bond motifs is 1. The molecule has 31 heavy (non-hydrogen) atoms. The van der Waals surface area contributed by atoms with Crippen LogP contribution in [0.1, 0.15) is 23.0 Å². The van der Waals surface area contributed by atoms with Crippen LogP contribution in [0.15, 0.2) is 73.2 Å². The van der Waals surface area contributed by atoms with Gasteiger partial charge >= 0.3 is 0 Å². The summed E-state index contributed by atoms with van der Waals surface area (Å²) in [5, 5.41) is 12.0. The summed E-state index contributed by atoms with van der Waals surface area (Å²) >= 11 is 6.06. The van der Waals surface area contributed by atoms with E-state index in [1.54, 1.807) is 13.4 Å². The summed E-state index contributed by atoms with van der Waals surface area (Å²) in [7, 11) is 1.65. The Labute approximate surface area is 186 Å². The van der Waals surface area contributed by atoms with Crippen LogP contribution in [0.2, 0.25) is 5.02 Å². The van der Waals surface area contributed by atoms with Crippen LogP contribution in [0, 0.1) is 6.92 Å². The van der Waals surface area contributed by atoms with E-state index in [1.807, 2.05) is 77.2 Å². The lowest BCUT2D eigenvalue weighted by Crippen LogP contribution is -2.21. The third-order valence-corrected chi connectivity index (χ3v) is 5.98. The molecular weight excluding hydrogens is 410 g/mol. The van der Waals surface area contributed by atoms with Crippen molar-refractivity contribution >= 4 is 17.3 Å². The van der Waals surface area contributed by atoms with Gasteiger partial charge in [-0.3, -0.25) is 0 Å². The maximum Gasteiger partial charge on any atom is 0.154 e. The summed E-state index contributed by atoms with van der Waals surface area (Å²) in [6.45, 7) is 2.57. The number of hydrogen-bond donors (Lipinski definition) is 1. The van der Waals surface area contributed by atoms with E-state index in [4.69, 9.17) is 16.3 Å². The van der Waals surface area contributed by atoms with Crippen molar-refractivity contribution in [2.24, 2.45) is 0 Å². The number of imidazole rings is 1. The normalized spacial score (nSPS) is 15.2. The molecule has 0 aliphatic carbocycles. The fourth-order valence-electron chi connectivity index (χ4n) is 4.21. The molecule has 1 aliphatic heterocycles. The molecule has 1 unspecified atom stereocenters. The summed E-state index contributed by atoms with van der Waals surface area (Å²) in [5.41, 5.74) is 6.81. The van der Waals surface area contributed by atoms with Gasteiger partial charge in [0.05, 0.1) is 24.8 Å². The van der Waals surface area contributed by atoms with Crippen LogP contribution in [0.25, 0.3) is 16.8 Å². The zero-order chi connectivity index (χ0) is 21.5. The zero-order valence-corrected chi connectivity index (χ0v) is 18.0. The summed E-state index contributed by atoms with van der Waals surface area (Å²) < 4.78 is 7.59. The smallest absolute Gasteiger partial charge is 0.154 e. The molecule has 0 fully saturated rings. The number of aliphatic hydroxyl groups excluding tert-OH is 1. The number of benzene rings is 3. The van der Waals surface area contributed by atoms with Crippen LogP contribution in [0.3, 0.4) is 0 Å². The molecule has 0 saturated heterocycles. The van der Waals surface area contributed by atoms with Crippen molar-refractivity contribution in [1.82, 2.24) is 9.55 Å². The Hall–Kier alpha value is -3.28. The molecule has 2 heterocycles. The highest BCUT2D eigenvalue weighted by Gasteiger charge is 2.31. The fourth-order valence-corrected chi connectivity index (χ4v) is 4.33. The molecule has 0 radical (unpaired) electrons. The van der Waals surface area contributed by atoms with Crippen LogP contribution in [0.5, 0.6) is 5.75 Å². The van der Waals surface area contributed by atoms with E-state index >= 15 is 0 Å². The minimum absolute atomic E-state index is 0.616.